The molecule has 0 radical (unpaired) electrons. The maximum Gasteiger partial charge on any atom is 0.235 e. The van der Waals surface area contributed by atoms with E-state index in [1.807, 2.05) is 0 Å². The highest BCUT2D eigenvalue weighted by atomic mass is 32.2. The Bertz CT molecular complexity index is 3240. The molecule has 0 amide bonds. The molecule has 0 spiro atoms. The Morgan fingerprint density at radius 1 is 0.460 bits per heavy atom. The Balaban J connectivity index is 1.16. The second-order valence-corrected chi connectivity index (χ2v) is 14.1. The van der Waals surface area contributed by atoms with Crippen molar-refractivity contribution in [2.45, 2.75) is 9.79 Å². The van der Waals surface area contributed by atoms with Gasteiger partial charge in [-0.2, -0.15) is 0 Å². The monoisotopic (exact) mass is 656 g/mol. The van der Waals surface area contributed by atoms with Crippen molar-refractivity contribution in [3.63, 3.8) is 0 Å². The highest BCUT2D eigenvalue weighted by Gasteiger charge is 2.24. The molecule has 5 nitrogen and oxygen atoms in total. The maximum absolute atomic E-state index is 6.76. The molecule has 0 bridgehead atoms. The predicted molar refractivity (Wildman–Crippen MR) is 205 cm³/mol. The van der Waals surface area contributed by atoms with E-state index in [-0.39, 0.29) is 0 Å². The predicted octanol–water partition coefficient (Wildman–Crippen LogP) is 11.9. The summed E-state index contributed by atoms with van der Waals surface area (Å²) in [6.07, 6.45) is 0. The van der Waals surface area contributed by atoms with E-state index >= 15 is 0 Å². The minimum Gasteiger partial charge on any atom is -0.456 e. The molecular formula is C44H24N4OS. The van der Waals surface area contributed by atoms with Gasteiger partial charge in [0.1, 0.15) is 11.2 Å². The van der Waals surface area contributed by atoms with Gasteiger partial charge in [-0.3, -0.25) is 4.57 Å². The molecule has 0 aliphatic carbocycles. The van der Waals surface area contributed by atoms with Crippen LogP contribution in [0.15, 0.2) is 160 Å². The average Bonchev–Trinajstić information content (AvgIpc) is 3.80. The Hall–Kier alpha value is -6.37. The normalized spacial score (nSPS) is 12.7. The maximum atomic E-state index is 6.76. The van der Waals surface area contributed by atoms with E-state index in [2.05, 4.69) is 155 Å². The van der Waals surface area contributed by atoms with E-state index in [4.69, 9.17) is 14.4 Å². The van der Waals surface area contributed by atoms with Gasteiger partial charge in [-0.25, -0.2) is 9.97 Å². The lowest BCUT2D eigenvalue weighted by Gasteiger charge is -2.20. The summed E-state index contributed by atoms with van der Waals surface area (Å²) in [5.41, 5.74) is 10.3. The molecule has 0 saturated carbocycles. The van der Waals surface area contributed by atoms with Crippen LogP contribution in [-0.2, 0) is 0 Å². The lowest BCUT2D eigenvalue weighted by Crippen LogP contribution is -2.05. The minimum atomic E-state index is 0.655. The largest absolute Gasteiger partial charge is 0.456 e. The van der Waals surface area contributed by atoms with Gasteiger partial charge in [0.25, 0.3) is 0 Å². The molecule has 7 aromatic carbocycles. The Morgan fingerprint density at radius 3 is 1.84 bits per heavy atom. The minimum absolute atomic E-state index is 0.655. The van der Waals surface area contributed by atoms with Gasteiger partial charge in [0.2, 0.25) is 5.95 Å². The molecule has 1 aliphatic heterocycles. The third-order valence-corrected chi connectivity index (χ3v) is 11.4. The lowest BCUT2D eigenvalue weighted by molar-refractivity contribution is 0.669. The smallest absolute Gasteiger partial charge is 0.235 e. The van der Waals surface area contributed by atoms with Gasteiger partial charge in [0, 0.05) is 70.9 Å². The van der Waals surface area contributed by atoms with Crippen molar-refractivity contribution in [1.82, 2.24) is 19.1 Å². The lowest BCUT2D eigenvalue weighted by atomic mass is 10.1. The van der Waals surface area contributed by atoms with Crippen LogP contribution in [0, 0.1) is 0 Å². The zero-order chi connectivity index (χ0) is 32.5. The van der Waals surface area contributed by atoms with E-state index in [0.717, 1.165) is 77.1 Å². The Kier molecular flexibility index (Phi) is 5.11. The van der Waals surface area contributed by atoms with Crippen molar-refractivity contribution in [1.29, 1.82) is 0 Å². The molecule has 6 heteroatoms. The van der Waals surface area contributed by atoms with Crippen molar-refractivity contribution < 1.29 is 4.42 Å². The third kappa shape index (κ3) is 3.47. The van der Waals surface area contributed by atoms with E-state index in [1.54, 1.807) is 11.8 Å². The van der Waals surface area contributed by atoms with Crippen LogP contribution in [0.1, 0.15) is 0 Å². The highest BCUT2D eigenvalue weighted by molar-refractivity contribution is 7.99. The molecule has 0 fully saturated rings. The molecule has 50 heavy (non-hydrogen) atoms. The second-order valence-electron chi connectivity index (χ2n) is 13.0. The topological polar surface area (TPSA) is 48.8 Å². The van der Waals surface area contributed by atoms with Gasteiger partial charge < -0.3 is 8.98 Å². The van der Waals surface area contributed by atoms with Crippen LogP contribution in [0.5, 0.6) is 0 Å². The van der Waals surface area contributed by atoms with E-state index in [9.17, 15) is 0 Å². The van der Waals surface area contributed by atoms with E-state index < -0.39 is 0 Å². The molecule has 4 aromatic heterocycles. The summed E-state index contributed by atoms with van der Waals surface area (Å²) >= 11 is 1.79. The average molecular weight is 657 g/mol. The molecule has 5 heterocycles. The van der Waals surface area contributed by atoms with Crippen LogP contribution in [-0.4, -0.2) is 19.1 Å². The number of fused-ring (bicyclic) bond motifs is 11. The second kappa shape index (κ2) is 9.62. The molecule has 0 unspecified atom stereocenters. The van der Waals surface area contributed by atoms with E-state index in [1.165, 1.54) is 26.1 Å². The van der Waals surface area contributed by atoms with Crippen molar-refractivity contribution in [3.05, 3.63) is 146 Å². The summed E-state index contributed by atoms with van der Waals surface area (Å²) in [5.74, 6) is 0.655. The van der Waals surface area contributed by atoms with Crippen molar-refractivity contribution >= 4 is 88.2 Å². The summed E-state index contributed by atoms with van der Waals surface area (Å²) in [4.78, 5) is 13.0. The summed E-state index contributed by atoms with van der Waals surface area (Å²) in [5, 5.41) is 8.04. The van der Waals surface area contributed by atoms with E-state index in [0.29, 0.717) is 5.95 Å². The van der Waals surface area contributed by atoms with Crippen LogP contribution >= 0.6 is 11.8 Å². The van der Waals surface area contributed by atoms with Gasteiger partial charge in [-0.1, -0.05) is 90.6 Å². The third-order valence-electron chi connectivity index (χ3n) is 10.3. The number of furan rings is 1. The van der Waals surface area contributed by atoms with Gasteiger partial charge in [0.05, 0.1) is 33.3 Å². The first-order valence-electron chi connectivity index (χ1n) is 16.7. The van der Waals surface area contributed by atoms with Gasteiger partial charge >= 0.3 is 0 Å². The Morgan fingerprint density at radius 2 is 1.08 bits per heavy atom. The summed E-state index contributed by atoms with van der Waals surface area (Å²) < 4.78 is 11.3. The number of hydrogen-bond acceptors (Lipinski definition) is 4. The van der Waals surface area contributed by atoms with Crippen LogP contribution in [0.3, 0.4) is 0 Å². The summed E-state index contributed by atoms with van der Waals surface area (Å²) in [6, 6.07) is 51.6. The fourth-order valence-electron chi connectivity index (χ4n) is 8.16. The Labute approximate surface area is 289 Å². The standard InChI is InChI=1S/C44H24N4OS/c1-2-11-25(12-3-1)47-34-17-7-4-13-26(34)29-21-31-32-22-30-27-14-5-8-18-35(27)48(37(30)24-39(32)49-38(31)23-36(29)47)44-45-33-16-10-20-41-42(33)43(46-44)28-15-6-9-19-40(28)50-41/h1-24H. The number of nitrogens with zero attached hydrogens (tertiary/aromatic N) is 4. The molecule has 0 atom stereocenters. The molecule has 232 valence electrons. The first-order chi connectivity index (χ1) is 24.8. The van der Waals surface area contributed by atoms with Crippen LogP contribution in [0.4, 0.5) is 0 Å². The van der Waals surface area contributed by atoms with Crippen LogP contribution < -0.4 is 0 Å². The molecule has 11 aromatic rings. The number of aromatic nitrogens is 4. The van der Waals surface area contributed by atoms with Gasteiger partial charge in [-0.15, -0.1) is 0 Å². The fourth-order valence-corrected chi connectivity index (χ4v) is 9.27. The number of rotatable bonds is 2. The summed E-state index contributed by atoms with van der Waals surface area (Å²) in [6.45, 7) is 0. The zero-order valence-corrected chi connectivity index (χ0v) is 27.3. The number of hydrogen-bond donors (Lipinski definition) is 0. The first-order valence-corrected chi connectivity index (χ1v) is 17.6. The number of para-hydroxylation sites is 3. The fraction of sp³-hybridized carbons (Fsp3) is 0. The zero-order valence-electron chi connectivity index (χ0n) is 26.5. The quantitative estimate of drug-likeness (QED) is 0.186. The molecule has 1 aliphatic rings. The number of benzene rings is 7. The molecule has 0 N–H and O–H groups in total. The highest BCUT2D eigenvalue weighted by Crippen LogP contribution is 2.47. The molecule has 12 rings (SSSR count). The van der Waals surface area contributed by atoms with Gasteiger partial charge in [0.15, 0.2) is 0 Å². The molecular weight excluding hydrogens is 633 g/mol. The van der Waals surface area contributed by atoms with Crippen molar-refractivity contribution in [3.8, 4) is 22.9 Å². The van der Waals surface area contributed by atoms with Gasteiger partial charge in [-0.05, 0) is 54.6 Å². The molecule has 0 saturated heterocycles. The SMILES string of the molecule is c1ccc(-n2c3ccccc3c3cc4c(cc32)oc2cc3c(cc24)c2ccccc2n3-c2nc3c4c(cccc4n2)Sc2ccccc2-3)cc1. The van der Waals surface area contributed by atoms with Crippen molar-refractivity contribution in [2.75, 3.05) is 0 Å². The van der Waals surface area contributed by atoms with Crippen LogP contribution in [0.2, 0.25) is 0 Å². The van der Waals surface area contributed by atoms with Crippen LogP contribution in [0.25, 0.3) is 99.3 Å². The van der Waals surface area contributed by atoms with Crippen molar-refractivity contribution in [2.24, 2.45) is 0 Å². The first kappa shape index (κ1) is 26.6. The summed E-state index contributed by atoms with van der Waals surface area (Å²) in [7, 11) is 0.